The van der Waals surface area contributed by atoms with Crippen LogP contribution >= 0.6 is 0 Å². The fraction of sp³-hybridized carbons (Fsp3) is 0.263. The molecule has 0 spiro atoms. The van der Waals surface area contributed by atoms with Crippen LogP contribution in [0, 0.1) is 0 Å². The highest BCUT2D eigenvalue weighted by molar-refractivity contribution is 5.70. The van der Waals surface area contributed by atoms with E-state index in [9.17, 15) is 0 Å². The van der Waals surface area contributed by atoms with E-state index in [1.54, 1.807) is 0 Å². The summed E-state index contributed by atoms with van der Waals surface area (Å²) < 4.78 is 0. The Labute approximate surface area is 121 Å². The molecular formula is C19H21N. The van der Waals surface area contributed by atoms with E-state index in [0.29, 0.717) is 0 Å². The van der Waals surface area contributed by atoms with E-state index in [0.717, 1.165) is 13.0 Å². The second-order valence-corrected chi connectivity index (χ2v) is 5.70. The monoisotopic (exact) mass is 263 g/mol. The van der Waals surface area contributed by atoms with E-state index in [-0.39, 0.29) is 5.41 Å². The predicted octanol–water partition coefficient (Wildman–Crippen LogP) is 4.54. The molecule has 0 saturated carbocycles. The van der Waals surface area contributed by atoms with Gasteiger partial charge in [0.1, 0.15) is 0 Å². The molecule has 0 amide bonds. The minimum absolute atomic E-state index is 0.00600. The Balaban J connectivity index is 2.06. The summed E-state index contributed by atoms with van der Waals surface area (Å²) in [4.78, 5) is 2.35. The molecule has 0 N–H and O–H groups in total. The number of hydrogen-bond acceptors (Lipinski definition) is 1. The lowest BCUT2D eigenvalue weighted by Gasteiger charge is -2.29. The topological polar surface area (TPSA) is 3.24 Å². The molecule has 2 aromatic carbocycles. The van der Waals surface area contributed by atoms with Gasteiger partial charge in [-0.1, -0.05) is 55.1 Å². The summed E-state index contributed by atoms with van der Waals surface area (Å²) in [6, 6.07) is 19.4. The minimum atomic E-state index is -0.00600. The van der Waals surface area contributed by atoms with Gasteiger partial charge in [-0.15, -0.1) is 0 Å². The second kappa shape index (κ2) is 4.82. The number of para-hydroxylation sites is 1. The number of fused-ring (bicyclic) bond motifs is 1. The number of allylic oxidation sites excluding steroid dienone is 1. The van der Waals surface area contributed by atoms with Crippen molar-refractivity contribution in [1.29, 1.82) is 0 Å². The molecule has 2 aromatic rings. The molecule has 20 heavy (non-hydrogen) atoms. The van der Waals surface area contributed by atoms with Crippen molar-refractivity contribution in [3.05, 3.63) is 78.0 Å². The first-order chi connectivity index (χ1) is 9.66. The summed E-state index contributed by atoms with van der Waals surface area (Å²) in [6.45, 7) is 9.88. The van der Waals surface area contributed by atoms with Gasteiger partial charge in [0.25, 0.3) is 0 Å². The second-order valence-electron chi connectivity index (χ2n) is 5.70. The van der Waals surface area contributed by atoms with Crippen molar-refractivity contribution in [2.75, 3.05) is 11.4 Å². The van der Waals surface area contributed by atoms with Gasteiger partial charge in [0, 0.05) is 23.3 Å². The van der Waals surface area contributed by atoms with Crippen LogP contribution in [0.25, 0.3) is 0 Å². The zero-order chi connectivity index (χ0) is 14.2. The van der Waals surface area contributed by atoms with Crippen LogP contribution in [-0.2, 0) is 11.8 Å². The van der Waals surface area contributed by atoms with Crippen molar-refractivity contribution in [2.45, 2.75) is 25.7 Å². The van der Waals surface area contributed by atoms with Crippen molar-refractivity contribution in [3.63, 3.8) is 0 Å². The molecule has 1 heteroatoms. The average molecular weight is 263 g/mol. The van der Waals surface area contributed by atoms with Gasteiger partial charge in [-0.05, 0) is 37.5 Å². The SMILES string of the molecule is C=C1N(CC)c2ccccc2C1(C)Cc1ccccc1. The van der Waals surface area contributed by atoms with Crippen molar-refractivity contribution >= 4 is 5.69 Å². The Kier molecular flexibility index (Phi) is 3.13. The summed E-state index contributed by atoms with van der Waals surface area (Å²) in [6.07, 6.45) is 1.00. The molecule has 0 bridgehead atoms. The molecule has 1 heterocycles. The summed E-state index contributed by atoms with van der Waals surface area (Å²) >= 11 is 0. The maximum Gasteiger partial charge on any atom is 0.0450 e. The molecule has 1 atom stereocenters. The predicted molar refractivity (Wildman–Crippen MR) is 86.1 cm³/mol. The standard InChI is InChI=1S/C19H21N/c1-4-20-15(2)19(3,14-16-10-6-5-7-11-16)17-12-8-9-13-18(17)20/h5-13H,2,4,14H2,1,3H3. The number of rotatable bonds is 3. The van der Waals surface area contributed by atoms with E-state index in [1.807, 2.05) is 0 Å². The minimum Gasteiger partial charge on any atom is -0.345 e. The molecule has 1 aliphatic rings. The Morgan fingerprint density at radius 1 is 1.00 bits per heavy atom. The highest BCUT2D eigenvalue weighted by atomic mass is 15.2. The highest BCUT2D eigenvalue weighted by Crippen LogP contribution is 2.48. The van der Waals surface area contributed by atoms with Crippen LogP contribution in [-0.4, -0.2) is 6.54 Å². The van der Waals surface area contributed by atoms with Crippen LogP contribution < -0.4 is 4.90 Å². The molecule has 0 fully saturated rings. The van der Waals surface area contributed by atoms with Crippen molar-refractivity contribution in [2.24, 2.45) is 0 Å². The molecular weight excluding hydrogens is 242 g/mol. The number of hydrogen-bond donors (Lipinski definition) is 0. The van der Waals surface area contributed by atoms with Crippen LogP contribution in [0.1, 0.15) is 25.0 Å². The lowest BCUT2D eigenvalue weighted by Crippen LogP contribution is -2.29. The fourth-order valence-electron chi connectivity index (χ4n) is 3.34. The van der Waals surface area contributed by atoms with E-state index < -0.39 is 0 Å². The third-order valence-corrected chi connectivity index (χ3v) is 4.47. The molecule has 1 aliphatic heterocycles. The zero-order valence-corrected chi connectivity index (χ0v) is 12.3. The Morgan fingerprint density at radius 3 is 2.35 bits per heavy atom. The molecule has 3 rings (SSSR count). The maximum atomic E-state index is 4.40. The molecule has 0 radical (unpaired) electrons. The van der Waals surface area contributed by atoms with Crippen LogP contribution in [0.4, 0.5) is 5.69 Å². The van der Waals surface area contributed by atoms with Gasteiger partial charge in [0.05, 0.1) is 0 Å². The lowest BCUT2D eigenvalue weighted by molar-refractivity contribution is 0.566. The Hall–Kier alpha value is -2.02. The highest BCUT2D eigenvalue weighted by Gasteiger charge is 2.41. The fourth-order valence-corrected chi connectivity index (χ4v) is 3.34. The first-order valence-electron chi connectivity index (χ1n) is 7.27. The molecule has 0 aliphatic carbocycles. The summed E-state index contributed by atoms with van der Waals surface area (Å²) in [5.74, 6) is 0. The quantitative estimate of drug-likeness (QED) is 0.785. The molecule has 0 aromatic heterocycles. The summed E-state index contributed by atoms with van der Waals surface area (Å²) in [7, 11) is 0. The largest absolute Gasteiger partial charge is 0.345 e. The van der Waals surface area contributed by atoms with E-state index in [4.69, 9.17) is 0 Å². The van der Waals surface area contributed by atoms with Gasteiger partial charge in [-0.3, -0.25) is 0 Å². The average Bonchev–Trinajstić information content (AvgIpc) is 2.69. The molecule has 1 unspecified atom stereocenters. The number of nitrogens with zero attached hydrogens (tertiary/aromatic N) is 1. The van der Waals surface area contributed by atoms with Crippen LogP contribution in [0.15, 0.2) is 66.9 Å². The summed E-state index contributed by atoms with van der Waals surface area (Å²) in [5, 5.41) is 0. The normalized spacial score (nSPS) is 21.1. The number of benzene rings is 2. The van der Waals surface area contributed by atoms with Crippen LogP contribution in [0.5, 0.6) is 0 Å². The first kappa shape index (κ1) is 13.0. The maximum absolute atomic E-state index is 4.40. The smallest absolute Gasteiger partial charge is 0.0450 e. The van der Waals surface area contributed by atoms with E-state index in [2.05, 4.69) is 79.9 Å². The van der Waals surface area contributed by atoms with Gasteiger partial charge < -0.3 is 4.90 Å². The van der Waals surface area contributed by atoms with Gasteiger partial charge in [0.2, 0.25) is 0 Å². The van der Waals surface area contributed by atoms with E-state index >= 15 is 0 Å². The van der Waals surface area contributed by atoms with E-state index in [1.165, 1.54) is 22.5 Å². The van der Waals surface area contributed by atoms with Crippen LogP contribution in [0.2, 0.25) is 0 Å². The Bertz CT molecular complexity index is 629. The number of likely N-dealkylation sites (N-methyl/N-ethyl adjacent to an activating group) is 1. The first-order valence-corrected chi connectivity index (χ1v) is 7.27. The van der Waals surface area contributed by atoms with Crippen molar-refractivity contribution < 1.29 is 0 Å². The van der Waals surface area contributed by atoms with Gasteiger partial charge >= 0.3 is 0 Å². The molecule has 0 saturated heterocycles. The number of anilines is 1. The third-order valence-electron chi connectivity index (χ3n) is 4.47. The third kappa shape index (κ3) is 1.85. The van der Waals surface area contributed by atoms with Crippen molar-refractivity contribution in [1.82, 2.24) is 0 Å². The molecule has 102 valence electrons. The van der Waals surface area contributed by atoms with Crippen LogP contribution in [0.3, 0.4) is 0 Å². The van der Waals surface area contributed by atoms with Gasteiger partial charge in [-0.2, -0.15) is 0 Å². The van der Waals surface area contributed by atoms with Gasteiger partial charge in [-0.25, -0.2) is 0 Å². The molecule has 1 nitrogen and oxygen atoms in total. The lowest BCUT2D eigenvalue weighted by atomic mass is 9.77. The Morgan fingerprint density at radius 2 is 1.65 bits per heavy atom. The van der Waals surface area contributed by atoms with Gasteiger partial charge in [0.15, 0.2) is 0 Å². The zero-order valence-electron chi connectivity index (χ0n) is 12.3. The van der Waals surface area contributed by atoms with Crippen molar-refractivity contribution in [3.8, 4) is 0 Å². The summed E-state index contributed by atoms with van der Waals surface area (Å²) in [5.41, 5.74) is 5.29.